The lowest BCUT2D eigenvalue weighted by Crippen LogP contribution is -1.96. The SMILES string of the molecule is c1ccc(-c2cc(-c3ccc(-c4cccc5c4nc(-c4ccccc4)c4ccc6nsnc6c45)cc3)nc(-c3ccccc3)n2)cc1. The minimum Gasteiger partial charge on any atom is -0.246 e. The van der Waals surface area contributed by atoms with Crippen LogP contribution in [0.3, 0.4) is 0 Å². The van der Waals surface area contributed by atoms with Gasteiger partial charge >= 0.3 is 0 Å². The van der Waals surface area contributed by atoms with Crippen molar-refractivity contribution in [2.24, 2.45) is 0 Å². The fourth-order valence-corrected chi connectivity index (χ4v) is 6.84. The molecule has 0 aliphatic carbocycles. The van der Waals surface area contributed by atoms with E-state index in [2.05, 4.69) is 95.4 Å². The summed E-state index contributed by atoms with van der Waals surface area (Å²) < 4.78 is 9.28. The third-order valence-corrected chi connectivity index (χ3v) is 9.12. The van der Waals surface area contributed by atoms with Gasteiger partial charge in [0, 0.05) is 44.0 Å². The van der Waals surface area contributed by atoms with Gasteiger partial charge in [-0.05, 0) is 23.8 Å². The van der Waals surface area contributed by atoms with Gasteiger partial charge in [-0.2, -0.15) is 8.75 Å². The predicted molar refractivity (Wildman–Crippen MR) is 193 cm³/mol. The summed E-state index contributed by atoms with van der Waals surface area (Å²) in [7, 11) is 0. The first-order valence-corrected chi connectivity index (χ1v) is 16.2. The van der Waals surface area contributed by atoms with Crippen LogP contribution in [0.4, 0.5) is 0 Å². The fraction of sp³-hybridized carbons (Fsp3) is 0. The molecule has 0 N–H and O–H groups in total. The van der Waals surface area contributed by atoms with Crippen molar-refractivity contribution in [3.63, 3.8) is 0 Å². The van der Waals surface area contributed by atoms with E-state index in [0.717, 1.165) is 83.2 Å². The molecule has 3 heterocycles. The van der Waals surface area contributed by atoms with Gasteiger partial charge in [-0.15, -0.1) is 0 Å². The molecule has 6 aromatic carbocycles. The van der Waals surface area contributed by atoms with Crippen LogP contribution in [0, 0.1) is 0 Å². The third kappa shape index (κ3) is 4.83. The summed E-state index contributed by atoms with van der Waals surface area (Å²) in [5.41, 5.74) is 11.7. The molecule has 0 amide bonds. The maximum Gasteiger partial charge on any atom is 0.160 e. The molecule has 0 fully saturated rings. The quantitative estimate of drug-likeness (QED) is 0.179. The number of hydrogen-bond acceptors (Lipinski definition) is 6. The van der Waals surface area contributed by atoms with E-state index in [1.165, 1.54) is 11.7 Å². The number of fused-ring (bicyclic) bond motifs is 5. The molecule has 3 aromatic heterocycles. The van der Waals surface area contributed by atoms with Crippen molar-refractivity contribution in [1.29, 1.82) is 0 Å². The lowest BCUT2D eigenvalue weighted by Gasteiger charge is -2.14. The van der Waals surface area contributed by atoms with Crippen LogP contribution >= 0.6 is 11.7 Å². The first-order chi connectivity index (χ1) is 23.3. The topological polar surface area (TPSA) is 64.5 Å². The number of para-hydroxylation sites is 1. The van der Waals surface area contributed by atoms with Gasteiger partial charge < -0.3 is 0 Å². The molecule has 9 aromatic rings. The van der Waals surface area contributed by atoms with Crippen LogP contribution in [-0.4, -0.2) is 23.7 Å². The van der Waals surface area contributed by atoms with Crippen molar-refractivity contribution in [2.45, 2.75) is 0 Å². The summed E-state index contributed by atoms with van der Waals surface area (Å²) in [5.74, 6) is 0.701. The molecule has 5 nitrogen and oxygen atoms in total. The number of aromatic nitrogens is 5. The number of hydrogen-bond donors (Lipinski definition) is 0. The predicted octanol–water partition coefficient (Wildman–Crippen LogP) is 10.5. The van der Waals surface area contributed by atoms with Gasteiger partial charge in [0.05, 0.1) is 34.3 Å². The molecule has 47 heavy (non-hydrogen) atoms. The maximum absolute atomic E-state index is 5.35. The third-order valence-electron chi connectivity index (χ3n) is 8.58. The van der Waals surface area contributed by atoms with E-state index in [1.807, 2.05) is 60.7 Å². The fourth-order valence-electron chi connectivity index (χ4n) is 6.30. The van der Waals surface area contributed by atoms with E-state index in [4.69, 9.17) is 19.3 Å². The molecule has 0 aliphatic rings. The van der Waals surface area contributed by atoms with Gasteiger partial charge in [0.2, 0.25) is 0 Å². The highest BCUT2D eigenvalue weighted by Crippen LogP contribution is 2.40. The second-order valence-corrected chi connectivity index (χ2v) is 11.9. The summed E-state index contributed by atoms with van der Waals surface area (Å²) in [6.07, 6.45) is 0. The van der Waals surface area contributed by atoms with Gasteiger partial charge in [-0.3, -0.25) is 0 Å². The van der Waals surface area contributed by atoms with E-state index < -0.39 is 0 Å². The molecular formula is C41H25N5S. The minimum atomic E-state index is 0.701. The molecule has 0 radical (unpaired) electrons. The highest BCUT2D eigenvalue weighted by Gasteiger charge is 2.18. The Morgan fingerprint density at radius 3 is 1.72 bits per heavy atom. The smallest absolute Gasteiger partial charge is 0.160 e. The normalized spacial score (nSPS) is 11.4. The Bertz CT molecular complexity index is 2490. The molecular weight excluding hydrogens is 595 g/mol. The van der Waals surface area contributed by atoms with Crippen molar-refractivity contribution in [1.82, 2.24) is 23.7 Å². The number of rotatable bonds is 5. The van der Waals surface area contributed by atoms with Gasteiger partial charge in [0.15, 0.2) is 5.82 Å². The zero-order chi connectivity index (χ0) is 31.2. The van der Waals surface area contributed by atoms with Crippen molar-refractivity contribution in [2.75, 3.05) is 0 Å². The largest absolute Gasteiger partial charge is 0.246 e. The van der Waals surface area contributed by atoms with Crippen molar-refractivity contribution in [3.05, 3.63) is 152 Å². The van der Waals surface area contributed by atoms with Crippen LogP contribution < -0.4 is 0 Å². The van der Waals surface area contributed by atoms with E-state index in [0.29, 0.717) is 5.82 Å². The van der Waals surface area contributed by atoms with Crippen LogP contribution in [0.2, 0.25) is 0 Å². The molecule has 0 unspecified atom stereocenters. The lowest BCUT2D eigenvalue weighted by molar-refractivity contribution is 1.18. The Morgan fingerprint density at radius 1 is 0.404 bits per heavy atom. The molecule has 0 spiro atoms. The standard InChI is InChI=1S/C41H25N5S/c1-4-11-27(12-5-1)35-25-36(43-41(42-35)30-15-8-3-9-16-30)28-21-19-26(20-22-28)31-17-10-18-32-37-33(23-24-34-40(37)46-47-45-34)38(44-39(31)32)29-13-6-2-7-14-29/h1-25H. The summed E-state index contributed by atoms with van der Waals surface area (Å²) in [5, 5.41) is 3.22. The number of benzene rings is 6. The van der Waals surface area contributed by atoms with Crippen molar-refractivity contribution in [3.8, 4) is 56.3 Å². The Balaban J connectivity index is 1.21. The van der Waals surface area contributed by atoms with Crippen LogP contribution in [0.1, 0.15) is 0 Å². The van der Waals surface area contributed by atoms with Crippen LogP contribution in [0.25, 0.3) is 89.0 Å². The van der Waals surface area contributed by atoms with Crippen molar-refractivity contribution >= 4 is 44.4 Å². The Morgan fingerprint density at radius 2 is 1.02 bits per heavy atom. The zero-order valence-corrected chi connectivity index (χ0v) is 25.9. The summed E-state index contributed by atoms with van der Waals surface area (Å²) >= 11 is 1.25. The Kier molecular flexibility index (Phi) is 6.58. The summed E-state index contributed by atoms with van der Waals surface area (Å²) in [4.78, 5) is 15.3. The zero-order valence-electron chi connectivity index (χ0n) is 25.1. The molecule has 0 atom stereocenters. The average molecular weight is 620 g/mol. The molecule has 9 rings (SSSR count). The molecule has 0 aliphatic heterocycles. The second kappa shape index (κ2) is 11.4. The van der Waals surface area contributed by atoms with Crippen LogP contribution in [0.15, 0.2) is 152 Å². The molecule has 0 bridgehead atoms. The summed E-state index contributed by atoms with van der Waals surface area (Å²) in [6.45, 7) is 0. The highest BCUT2D eigenvalue weighted by atomic mass is 32.1. The molecule has 6 heteroatoms. The number of pyridine rings is 1. The summed E-state index contributed by atoms with van der Waals surface area (Å²) in [6, 6.07) is 52.0. The second-order valence-electron chi connectivity index (χ2n) is 11.4. The highest BCUT2D eigenvalue weighted by molar-refractivity contribution is 7.00. The van der Waals surface area contributed by atoms with Crippen molar-refractivity contribution < 1.29 is 0 Å². The van der Waals surface area contributed by atoms with Gasteiger partial charge in [0.25, 0.3) is 0 Å². The average Bonchev–Trinajstić information content (AvgIpc) is 3.65. The minimum absolute atomic E-state index is 0.701. The molecule has 0 saturated carbocycles. The first-order valence-electron chi connectivity index (χ1n) is 15.4. The maximum atomic E-state index is 5.35. The van der Waals surface area contributed by atoms with Gasteiger partial charge in [0.1, 0.15) is 11.0 Å². The first kappa shape index (κ1) is 27.2. The van der Waals surface area contributed by atoms with E-state index >= 15 is 0 Å². The van der Waals surface area contributed by atoms with E-state index in [1.54, 1.807) is 0 Å². The Hall–Kier alpha value is -6.11. The van der Waals surface area contributed by atoms with Crippen LogP contribution in [0.5, 0.6) is 0 Å². The van der Waals surface area contributed by atoms with Gasteiger partial charge in [-0.25, -0.2) is 15.0 Å². The van der Waals surface area contributed by atoms with Crippen LogP contribution in [-0.2, 0) is 0 Å². The van der Waals surface area contributed by atoms with E-state index in [9.17, 15) is 0 Å². The van der Waals surface area contributed by atoms with E-state index in [-0.39, 0.29) is 0 Å². The molecule has 0 saturated heterocycles. The Labute approximate surface area is 275 Å². The lowest BCUT2D eigenvalue weighted by atomic mass is 9.94. The number of nitrogens with zero attached hydrogens (tertiary/aromatic N) is 5. The van der Waals surface area contributed by atoms with Gasteiger partial charge in [-0.1, -0.05) is 133 Å². The monoisotopic (exact) mass is 619 g/mol. The molecule has 220 valence electrons.